The van der Waals surface area contributed by atoms with E-state index in [2.05, 4.69) is 12.6 Å². The van der Waals surface area contributed by atoms with Crippen LogP contribution in [-0.2, 0) is 0 Å². The van der Waals surface area contributed by atoms with Crippen LogP contribution in [0, 0.1) is 0 Å². The molecule has 2 aromatic carbocycles. The highest BCUT2D eigenvalue weighted by Gasteiger charge is 2.05. The summed E-state index contributed by atoms with van der Waals surface area (Å²) >= 11 is 4.31. The van der Waals surface area contributed by atoms with Crippen LogP contribution in [0.5, 0.6) is 11.5 Å². The average molecular weight is 232 g/mol. The zero-order chi connectivity index (χ0) is 11.5. The molecule has 0 aliphatic heterocycles. The van der Waals surface area contributed by atoms with Gasteiger partial charge in [0, 0.05) is 10.5 Å². The van der Waals surface area contributed by atoms with Gasteiger partial charge in [0.1, 0.15) is 11.5 Å². The van der Waals surface area contributed by atoms with Crippen LogP contribution < -0.4 is 4.74 Å². The zero-order valence-electron chi connectivity index (χ0n) is 8.84. The molecule has 0 spiro atoms. The van der Waals surface area contributed by atoms with Gasteiger partial charge in [0.2, 0.25) is 0 Å². The normalized spacial score (nSPS) is 10.1. The molecule has 3 heteroatoms. The Hall–Kier alpha value is -1.61. The Morgan fingerprint density at radius 3 is 2.38 bits per heavy atom. The van der Waals surface area contributed by atoms with Crippen LogP contribution in [0.25, 0.3) is 11.1 Å². The fourth-order valence-electron chi connectivity index (χ4n) is 1.56. The van der Waals surface area contributed by atoms with E-state index in [1.165, 1.54) is 0 Å². The minimum absolute atomic E-state index is 0.254. The van der Waals surface area contributed by atoms with Gasteiger partial charge >= 0.3 is 0 Å². The number of hydrogen-bond donors (Lipinski definition) is 2. The number of ether oxygens (including phenoxy) is 1. The predicted molar refractivity (Wildman–Crippen MR) is 67.3 cm³/mol. The van der Waals surface area contributed by atoms with E-state index in [0.29, 0.717) is 0 Å². The van der Waals surface area contributed by atoms with Gasteiger partial charge in [-0.05, 0) is 35.9 Å². The van der Waals surface area contributed by atoms with Crippen LogP contribution in [0.4, 0.5) is 0 Å². The SMILES string of the molecule is COc1ccc(S)cc1-c1ccc(O)cc1. The number of aromatic hydroxyl groups is 1. The lowest BCUT2D eigenvalue weighted by molar-refractivity contribution is 0.416. The summed E-state index contributed by atoms with van der Waals surface area (Å²) in [4.78, 5) is 0.879. The highest BCUT2D eigenvalue weighted by Crippen LogP contribution is 2.32. The van der Waals surface area contributed by atoms with E-state index in [9.17, 15) is 5.11 Å². The summed E-state index contributed by atoms with van der Waals surface area (Å²) in [7, 11) is 1.64. The van der Waals surface area contributed by atoms with Crippen molar-refractivity contribution in [3.8, 4) is 22.6 Å². The van der Waals surface area contributed by atoms with Crippen LogP contribution in [0.15, 0.2) is 47.4 Å². The quantitative estimate of drug-likeness (QED) is 0.777. The number of benzene rings is 2. The van der Waals surface area contributed by atoms with Gasteiger partial charge in [0.15, 0.2) is 0 Å². The van der Waals surface area contributed by atoms with Gasteiger partial charge in [-0.25, -0.2) is 0 Å². The van der Waals surface area contributed by atoms with Crippen LogP contribution >= 0.6 is 12.6 Å². The zero-order valence-corrected chi connectivity index (χ0v) is 9.74. The van der Waals surface area contributed by atoms with E-state index in [4.69, 9.17) is 4.74 Å². The molecule has 2 nitrogen and oxygen atoms in total. The van der Waals surface area contributed by atoms with Crippen molar-refractivity contribution in [1.29, 1.82) is 0 Å². The summed E-state index contributed by atoms with van der Waals surface area (Å²) in [6.07, 6.45) is 0. The molecule has 0 fully saturated rings. The molecule has 2 rings (SSSR count). The second-order valence-corrected chi connectivity index (χ2v) is 3.95. The van der Waals surface area contributed by atoms with Crippen LogP contribution in [0.2, 0.25) is 0 Å². The number of hydrogen-bond acceptors (Lipinski definition) is 3. The number of rotatable bonds is 2. The molecule has 0 amide bonds. The smallest absolute Gasteiger partial charge is 0.126 e. The number of methoxy groups -OCH3 is 1. The highest BCUT2D eigenvalue weighted by atomic mass is 32.1. The van der Waals surface area contributed by atoms with Crippen molar-refractivity contribution in [3.05, 3.63) is 42.5 Å². The van der Waals surface area contributed by atoms with Gasteiger partial charge in [-0.2, -0.15) is 0 Å². The van der Waals surface area contributed by atoms with E-state index >= 15 is 0 Å². The Morgan fingerprint density at radius 1 is 1.06 bits per heavy atom. The molecule has 0 aromatic heterocycles. The lowest BCUT2D eigenvalue weighted by Gasteiger charge is -2.09. The highest BCUT2D eigenvalue weighted by molar-refractivity contribution is 7.80. The van der Waals surface area contributed by atoms with Gasteiger partial charge in [-0.1, -0.05) is 12.1 Å². The second kappa shape index (κ2) is 4.49. The third kappa shape index (κ3) is 2.14. The first-order chi connectivity index (χ1) is 7.70. The lowest BCUT2D eigenvalue weighted by atomic mass is 10.0. The van der Waals surface area contributed by atoms with Crippen molar-refractivity contribution in [2.75, 3.05) is 7.11 Å². The molecule has 2 aromatic rings. The summed E-state index contributed by atoms with van der Waals surface area (Å²) in [6.45, 7) is 0. The molecule has 16 heavy (non-hydrogen) atoms. The molecular formula is C13H12O2S. The molecule has 1 N–H and O–H groups in total. The monoisotopic (exact) mass is 232 g/mol. The minimum Gasteiger partial charge on any atom is -0.508 e. The number of phenols is 1. The van der Waals surface area contributed by atoms with E-state index in [1.54, 1.807) is 19.2 Å². The van der Waals surface area contributed by atoms with E-state index in [-0.39, 0.29) is 5.75 Å². The van der Waals surface area contributed by atoms with Gasteiger partial charge in [0.05, 0.1) is 7.11 Å². The van der Waals surface area contributed by atoms with Crippen molar-refractivity contribution in [3.63, 3.8) is 0 Å². The minimum atomic E-state index is 0.254. The summed E-state index contributed by atoms with van der Waals surface area (Å²) < 4.78 is 5.29. The maximum absolute atomic E-state index is 9.24. The van der Waals surface area contributed by atoms with Crippen molar-refractivity contribution in [1.82, 2.24) is 0 Å². The van der Waals surface area contributed by atoms with Gasteiger partial charge < -0.3 is 9.84 Å². The third-order valence-corrected chi connectivity index (χ3v) is 2.64. The summed E-state index contributed by atoms with van der Waals surface area (Å²) in [5.41, 5.74) is 1.96. The van der Waals surface area contributed by atoms with Crippen molar-refractivity contribution < 1.29 is 9.84 Å². The molecule has 0 bridgehead atoms. The first kappa shape index (κ1) is 10.9. The maximum Gasteiger partial charge on any atom is 0.126 e. The Morgan fingerprint density at radius 2 is 1.75 bits per heavy atom. The Bertz CT molecular complexity index is 492. The standard InChI is InChI=1S/C13H12O2S/c1-15-13-7-6-11(16)8-12(13)9-2-4-10(14)5-3-9/h2-8,14,16H,1H3. The van der Waals surface area contributed by atoms with E-state index < -0.39 is 0 Å². The van der Waals surface area contributed by atoms with Gasteiger partial charge in [-0.15, -0.1) is 12.6 Å². The summed E-state index contributed by atoms with van der Waals surface area (Å²) in [5, 5.41) is 9.24. The molecule has 0 radical (unpaired) electrons. The van der Waals surface area contributed by atoms with Crippen LogP contribution in [0.1, 0.15) is 0 Å². The molecule has 0 aliphatic rings. The molecule has 0 atom stereocenters. The number of phenolic OH excluding ortho intramolecular Hbond substituents is 1. The second-order valence-electron chi connectivity index (χ2n) is 3.43. The van der Waals surface area contributed by atoms with Crippen molar-refractivity contribution in [2.24, 2.45) is 0 Å². The molecule has 0 heterocycles. The summed E-state index contributed by atoms with van der Waals surface area (Å²) in [5.74, 6) is 1.05. The van der Waals surface area contributed by atoms with Gasteiger partial charge in [0.25, 0.3) is 0 Å². The molecule has 0 saturated carbocycles. The molecule has 0 saturated heterocycles. The fourth-order valence-corrected chi connectivity index (χ4v) is 1.77. The molecule has 82 valence electrons. The molecule has 0 unspecified atom stereocenters. The average Bonchev–Trinajstić information content (AvgIpc) is 2.30. The summed E-state index contributed by atoms with van der Waals surface area (Å²) in [6, 6.07) is 12.7. The topological polar surface area (TPSA) is 29.5 Å². The third-order valence-electron chi connectivity index (χ3n) is 2.36. The predicted octanol–water partition coefficient (Wildman–Crippen LogP) is 3.36. The van der Waals surface area contributed by atoms with Gasteiger partial charge in [-0.3, -0.25) is 0 Å². The van der Waals surface area contributed by atoms with E-state index in [0.717, 1.165) is 21.8 Å². The fraction of sp³-hybridized carbons (Fsp3) is 0.0769. The Labute approximate surface area is 99.9 Å². The molecular weight excluding hydrogens is 220 g/mol. The first-order valence-corrected chi connectivity index (χ1v) is 5.32. The Kier molecular flexibility index (Phi) is 3.06. The van der Waals surface area contributed by atoms with Crippen molar-refractivity contribution >= 4 is 12.6 Å². The molecule has 0 aliphatic carbocycles. The maximum atomic E-state index is 9.24. The largest absolute Gasteiger partial charge is 0.508 e. The van der Waals surface area contributed by atoms with Crippen molar-refractivity contribution in [2.45, 2.75) is 4.90 Å². The van der Waals surface area contributed by atoms with E-state index in [1.807, 2.05) is 30.3 Å². The van der Waals surface area contributed by atoms with Crippen LogP contribution in [0.3, 0.4) is 0 Å². The number of thiol groups is 1. The lowest BCUT2D eigenvalue weighted by Crippen LogP contribution is -1.87. The van der Waals surface area contributed by atoms with Crippen LogP contribution in [-0.4, -0.2) is 12.2 Å². The Balaban J connectivity index is 2.53. The first-order valence-electron chi connectivity index (χ1n) is 4.87.